The van der Waals surface area contributed by atoms with Crippen molar-refractivity contribution in [2.24, 2.45) is 0 Å². The molecule has 0 spiro atoms. The fraction of sp³-hybridized carbons (Fsp3) is 0.476. The van der Waals surface area contributed by atoms with Crippen molar-refractivity contribution >= 4 is 35.1 Å². The number of nitrogens with zero attached hydrogens (tertiary/aromatic N) is 4. The second-order valence-corrected chi connectivity index (χ2v) is 9.43. The molecular weight excluding hydrogens is 443 g/mol. The van der Waals surface area contributed by atoms with E-state index < -0.39 is 6.36 Å². The molecular formula is C21H24F3N5O2S. The number of thioether (sulfide) groups is 1. The molecule has 4 rings (SSSR count). The maximum atomic E-state index is 12.4. The fourth-order valence-electron chi connectivity index (χ4n) is 3.87. The van der Waals surface area contributed by atoms with Crippen LogP contribution in [0.15, 0.2) is 29.2 Å². The first-order valence-electron chi connectivity index (χ1n) is 10.2. The predicted molar refractivity (Wildman–Crippen MR) is 117 cm³/mol. The predicted octanol–water partition coefficient (Wildman–Crippen LogP) is 4.22. The summed E-state index contributed by atoms with van der Waals surface area (Å²) >= 11 is 1.63. The Kier molecular flexibility index (Phi) is 5.87. The molecule has 1 aromatic carbocycles. The number of halogens is 3. The molecule has 1 saturated carbocycles. The van der Waals surface area contributed by atoms with Crippen LogP contribution in [-0.4, -0.2) is 53.7 Å². The number of hydrogen-bond donors (Lipinski definition) is 1. The van der Waals surface area contributed by atoms with Gasteiger partial charge in [-0.2, -0.15) is 4.98 Å². The van der Waals surface area contributed by atoms with Gasteiger partial charge in [-0.25, -0.2) is 4.98 Å². The minimum Gasteiger partial charge on any atom is -0.406 e. The van der Waals surface area contributed by atoms with Gasteiger partial charge in [0.05, 0.1) is 5.69 Å². The quantitative estimate of drug-likeness (QED) is 0.706. The Hall–Kier alpha value is -2.69. The number of likely N-dealkylation sites (N-methyl/N-ethyl adjacent to an activating group) is 2. The van der Waals surface area contributed by atoms with Gasteiger partial charge in [0, 0.05) is 30.3 Å². The number of fused-ring (bicyclic) bond motifs is 1. The highest BCUT2D eigenvalue weighted by Gasteiger charge is 2.36. The lowest BCUT2D eigenvalue weighted by molar-refractivity contribution is -0.274. The molecule has 1 amide bonds. The van der Waals surface area contributed by atoms with Crippen molar-refractivity contribution in [3.05, 3.63) is 30.0 Å². The highest BCUT2D eigenvalue weighted by molar-refractivity contribution is 8.00. The summed E-state index contributed by atoms with van der Waals surface area (Å²) in [6, 6.07) is 5.84. The van der Waals surface area contributed by atoms with E-state index in [-0.39, 0.29) is 23.7 Å². The summed E-state index contributed by atoms with van der Waals surface area (Å²) in [5.41, 5.74) is 1.46. The van der Waals surface area contributed by atoms with Gasteiger partial charge < -0.3 is 19.9 Å². The summed E-state index contributed by atoms with van der Waals surface area (Å²) in [7, 11) is 3.59. The van der Waals surface area contributed by atoms with E-state index in [1.807, 2.05) is 25.8 Å². The number of rotatable bonds is 5. The molecule has 1 atom stereocenters. The van der Waals surface area contributed by atoms with Crippen molar-refractivity contribution in [1.82, 2.24) is 9.97 Å². The van der Waals surface area contributed by atoms with E-state index in [0.717, 1.165) is 34.9 Å². The molecule has 1 aliphatic heterocycles. The largest absolute Gasteiger partial charge is 0.573 e. The molecule has 0 bridgehead atoms. The van der Waals surface area contributed by atoms with E-state index in [2.05, 4.69) is 20.0 Å². The number of aromatic nitrogens is 2. The number of carbonyl (C=O) groups is 1. The van der Waals surface area contributed by atoms with Crippen LogP contribution in [0.3, 0.4) is 0 Å². The molecule has 2 heterocycles. The van der Waals surface area contributed by atoms with Gasteiger partial charge in [-0.1, -0.05) is 0 Å². The zero-order chi connectivity index (χ0) is 23.2. The number of nitrogens with one attached hydrogen (secondary N) is 1. The molecule has 172 valence electrons. The topological polar surface area (TPSA) is 70.6 Å². The van der Waals surface area contributed by atoms with Crippen LogP contribution in [0.4, 0.5) is 30.6 Å². The van der Waals surface area contributed by atoms with Crippen LogP contribution >= 0.6 is 11.8 Å². The molecule has 2 aliphatic rings. The van der Waals surface area contributed by atoms with Crippen molar-refractivity contribution in [2.75, 3.05) is 29.2 Å². The van der Waals surface area contributed by atoms with Gasteiger partial charge in [0.1, 0.15) is 17.5 Å². The van der Waals surface area contributed by atoms with E-state index in [1.165, 1.54) is 12.1 Å². The smallest absolute Gasteiger partial charge is 0.406 e. The maximum Gasteiger partial charge on any atom is 0.573 e. The van der Waals surface area contributed by atoms with Gasteiger partial charge in [-0.05, 0) is 51.0 Å². The van der Waals surface area contributed by atoms with Crippen LogP contribution in [-0.2, 0) is 4.79 Å². The van der Waals surface area contributed by atoms with Gasteiger partial charge in [-0.15, -0.1) is 24.9 Å². The number of anilines is 3. The lowest BCUT2D eigenvalue weighted by atomic mass is 9.92. The molecule has 0 saturated heterocycles. The lowest BCUT2D eigenvalue weighted by Gasteiger charge is -2.38. The first kappa shape index (κ1) is 22.5. The summed E-state index contributed by atoms with van der Waals surface area (Å²) in [4.78, 5) is 26.0. The SMILES string of the molecule is Cc1nc(N[C@H]2C[C@@H](Sc3ccc(OC(F)(F)F)cc3)C2)nc2c1N(C)C(=O)[C@H](C)N2C. The number of amides is 1. The summed E-state index contributed by atoms with van der Waals surface area (Å²) in [5.74, 6) is 1.04. The monoisotopic (exact) mass is 467 g/mol. The Morgan fingerprint density at radius 3 is 2.44 bits per heavy atom. The van der Waals surface area contributed by atoms with Gasteiger partial charge in [-0.3, -0.25) is 4.79 Å². The summed E-state index contributed by atoms with van der Waals surface area (Å²) in [6.45, 7) is 3.72. The number of carbonyl (C=O) groups excluding carboxylic acids is 1. The summed E-state index contributed by atoms with van der Waals surface area (Å²) in [5, 5.41) is 3.72. The molecule has 1 fully saturated rings. The fourth-order valence-corrected chi connectivity index (χ4v) is 5.20. The van der Waals surface area contributed by atoms with Crippen LogP contribution in [0.1, 0.15) is 25.5 Å². The molecule has 2 aromatic rings. The Labute approximate surface area is 188 Å². The molecule has 1 aromatic heterocycles. The zero-order valence-electron chi connectivity index (χ0n) is 18.1. The first-order chi connectivity index (χ1) is 15.0. The van der Waals surface area contributed by atoms with Crippen molar-refractivity contribution in [2.45, 2.75) is 55.3 Å². The number of ether oxygens (including phenoxy) is 1. The number of aryl methyl sites for hydroxylation is 1. The number of alkyl halides is 3. The van der Waals surface area contributed by atoms with Crippen LogP contribution < -0.4 is 19.9 Å². The Balaban J connectivity index is 1.35. The van der Waals surface area contributed by atoms with E-state index in [0.29, 0.717) is 11.2 Å². The van der Waals surface area contributed by atoms with E-state index in [1.54, 1.807) is 35.8 Å². The van der Waals surface area contributed by atoms with E-state index >= 15 is 0 Å². The highest BCUT2D eigenvalue weighted by Crippen LogP contribution is 2.40. The average molecular weight is 468 g/mol. The molecule has 0 unspecified atom stereocenters. The second kappa shape index (κ2) is 8.34. The molecule has 0 radical (unpaired) electrons. The Bertz CT molecular complexity index is 1010. The Morgan fingerprint density at radius 2 is 1.81 bits per heavy atom. The van der Waals surface area contributed by atoms with Crippen LogP contribution in [0, 0.1) is 6.92 Å². The first-order valence-corrected chi connectivity index (χ1v) is 11.1. The maximum absolute atomic E-state index is 12.4. The number of hydrogen-bond acceptors (Lipinski definition) is 7. The van der Waals surface area contributed by atoms with Crippen LogP contribution in [0.2, 0.25) is 0 Å². The summed E-state index contributed by atoms with van der Waals surface area (Å²) in [6.07, 6.45) is -2.92. The third-order valence-electron chi connectivity index (χ3n) is 5.77. The lowest BCUT2D eigenvalue weighted by Crippen LogP contribution is -2.50. The molecule has 1 aliphatic carbocycles. The standard InChI is InChI=1S/C21H24F3N5O2S/c1-11-17-18(28(3)12(2)19(30)29(17)4)27-20(25-11)26-13-9-16(10-13)32-15-7-5-14(6-8-15)31-21(22,23)24/h5-8,12-13,16H,9-10H2,1-4H3,(H,25,26,27)/t12-,13-,16+/m0/s1. The molecule has 1 N–H and O–H groups in total. The minimum atomic E-state index is -4.68. The van der Waals surface area contributed by atoms with Gasteiger partial charge in [0.2, 0.25) is 11.9 Å². The van der Waals surface area contributed by atoms with Crippen LogP contribution in [0.25, 0.3) is 0 Å². The summed E-state index contributed by atoms with van der Waals surface area (Å²) < 4.78 is 40.7. The van der Waals surface area contributed by atoms with E-state index in [9.17, 15) is 18.0 Å². The normalized spacial score (nSPS) is 23.0. The molecule has 32 heavy (non-hydrogen) atoms. The van der Waals surface area contributed by atoms with Crippen molar-refractivity contribution in [3.63, 3.8) is 0 Å². The highest BCUT2D eigenvalue weighted by atomic mass is 32.2. The molecule has 7 nitrogen and oxygen atoms in total. The minimum absolute atomic E-state index is 0.00395. The average Bonchev–Trinajstić information content (AvgIpc) is 2.69. The molecule has 11 heteroatoms. The van der Waals surface area contributed by atoms with Crippen LogP contribution in [0.5, 0.6) is 5.75 Å². The Morgan fingerprint density at radius 1 is 1.16 bits per heavy atom. The van der Waals surface area contributed by atoms with Crippen molar-refractivity contribution in [3.8, 4) is 5.75 Å². The third kappa shape index (κ3) is 4.57. The van der Waals surface area contributed by atoms with Gasteiger partial charge in [0.15, 0.2) is 5.82 Å². The number of benzene rings is 1. The van der Waals surface area contributed by atoms with E-state index in [4.69, 9.17) is 0 Å². The second-order valence-electron chi connectivity index (χ2n) is 8.06. The zero-order valence-corrected chi connectivity index (χ0v) is 18.9. The van der Waals surface area contributed by atoms with Crippen molar-refractivity contribution < 1.29 is 22.7 Å². The van der Waals surface area contributed by atoms with Gasteiger partial charge in [0.25, 0.3) is 0 Å². The van der Waals surface area contributed by atoms with Crippen molar-refractivity contribution in [1.29, 1.82) is 0 Å². The third-order valence-corrected chi connectivity index (χ3v) is 7.03. The van der Waals surface area contributed by atoms with Gasteiger partial charge >= 0.3 is 6.36 Å².